The van der Waals surface area contributed by atoms with E-state index in [4.69, 9.17) is 4.74 Å². The lowest BCUT2D eigenvalue weighted by Gasteiger charge is -2.35. The van der Waals surface area contributed by atoms with Crippen molar-refractivity contribution in [3.8, 4) is 0 Å². The molecule has 0 radical (unpaired) electrons. The first-order valence-corrected chi connectivity index (χ1v) is 7.38. The average molecular weight is 270 g/mol. The molecule has 2 heteroatoms. The zero-order chi connectivity index (χ0) is 14.4. The largest absolute Gasteiger partial charge is 0.465 e. The normalized spacial score (nSPS) is 39.4. The van der Waals surface area contributed by atoms with Crippen LogP contribution < -0.4 is 0 Å². The summed E-state index contributed by atoms with van der Waals surface area (Å²) in [4.78, 5) is 12.4. The van der Waals surface area contributed by atoms with E-state index in [0.717, 1.165) is 12.8 Å². The van der Waals surface area contributed by atoms with Gasteiger partial charge in [0, 0.05) is 10.8 Å². The minimum atomic E-state index is -0.141. The molecule has 2 fully saturated rings. The third kappa shape index (κ3) is 1.60. The molecule has 1 saturated heterocycles. The summed E-state index contributed by atoms with van der Waals surface area (Å²) in [5, 5.41) is 0. The Morgan fingerprint density at radius 3 is 2.75 bits per heavy atom. The Hall–Kier alpha value is -1.57. The molecule has 0 bridgehead atoms. The van der Waals surface area contributed by atoms with Gasteiger partial charge in [-0.3, -0.25) is 4.79 Å². The van der Waals surface area contributed by atoms with E-state index in [9.17, 15) is 4.79 Å². The predicted octanol–water partition coefficient (Wildman–Crippen LogP) is 3.72. The molecule has 1 unspecified atom stereocenters. The fraction of sp³-hybridized carbons (Fsp3) is 0.500. The van der Waals surface area contributed by atoms with E-state index < -0.39 is 0 Å². The van der Waals surface area contributed by atoms with E-state index in [0.29, 0.717) is 12.5 Å². The van der Waals surface area contributed by atoms with Crippen molar-refractivity contribution in [3.63, 3.8) is 0 Å². The predicted molar refractivity (Wildman–Crippen MR) is 79.3 cm³/mol. The van der Waals surface area contributed by atoms with Gasteiger partial charge in [0.15, 0.2) is 0 Å². The Morgan fingerprint density at radius 2 is 2.10 bits per heavy atom. The number of benzene rings is 1. The van der Waals surface area contributed by atoms with E-state index in [1.807, 2.05) is 12.1 Å². The Labute approximate surface area is 120 Å². The van der Waals surface area contributed by atoms with Crippen LogP contribution in [-0.4, -0.2) is 12.6 Å². The third-order valence-corrected chi connectivity index (χ3v) is 5.63. The van der Waals surface area contributed by atoms with Crippen LogP contribution in [0.15, 0.2) is 43.0 Å². The minimum Gasteiger partial charge on any atom is -0.465 e. The summed E-state index contributed by atoms with van der Waals surface area (Å²) in [5.41, 5.74) is 1.06. The number of rotatable bonds is 3. The highest BCUT2D eigenvalue weighted by Gasteiger charge is 2.65. The monoisotopic (exact) mass is 270 g/mol. The zero-order valence-electron chi connectivity index (χ0n) is 12.3. The van der Waals surface area contributed by atoms with E-state index >= 15 is 0 Å². The first-order chi connectivity index (χ1) is 9.54. The van der Waals surface area contributed by atoms with E-state index in [1.165, 1.54) is 5.56 Å². The van der Waals surface area contributed by atoms with Crippen molar-refractivity contribution in [1.82, 2.24) is 0 Å². The van der Waals surface area contributed by atoms with E-state index in [1.54, 1.807) is 0 Å². The smallest absolute Gasteiger partial charge is 0.310 e. The van der Waals surface area contributed by atoms with Crippen molar-refractivity contribution in [2.45, 2.75) is 32.1 Å². The summed E-state index contributed by atoms with van der Waals surface area (Å²) in [7, 11) is 0. The second-order valence-electron chi connectivity index (χ2n) is 6.65. The van der Waals surface area contributed by atoms with Crippen molar-refractivity contribution < 1.29 is 9.53 Å². The molecule has 0 N–H and O–H groups in total. The molecule has 2 aliphatic rings. The van der Waals surface area contributed by atoms with Crippen LogP contribution in [0.4, 0.5) is 0 Å². The molecule has 20 heavy (non-hydrogen) atoms. The number of allylic oxidation sites excluding steroid dienone is 1. The van der Waals surface area contributed by atoms with Gasteiger partial charge in [-0.25, -0.2) is 0 Å². The zero-order valence-corrected chi connectivity index (χ0v) is 12.3. The second kappa shape index (κ2) is 4.47. The topological polar surface area (TPSA) is 26.3 Å². The van der Waals surface area contributed by atoms with Crippen LogP contribution in [0.2, 0.25) is 0 Å². The van der Waals surface area contributed by atoms with Crippen LogP contribution in [0.1, 0.15) is 32.3 Å². The van der Waals surface area contributed by atoms with E-state index in [2.05, 4.69) is 44.7 Å². The van der Waals surface area contributed by atoms with E-state index in [-0.39, 0.29) is 22.7 Å². The number of carbonyl (C=O) groups is 1. The maximum atomic E-state index is 12.4. The molecule has 4 atom stereocenters. The number of hydrogen-bond acceptors (Lipinski definition) is 2. The van der Waals surface area contributed by atoms with Crippen LogP contribution in [0.5, 0.6) is 0 Å². The Bertz CT molecular complexity index is 536. The van der Waals surface area contributed by atoms with Crippen molar-refractivity contribution in [2.75, 3.05) is 6.61 Å². The molecule has 0 aromatic heterocycles. The highest BCUT2D eigenvalue weighted by molar-refractivity contribution is 5.79. The van der Waals surface area contributed by atoms with Gasteiger partial charge in [0.05, 0.1) is 12.5 Å². The Kier molecular flexibility index (Phi) is 3.00. The van der Waals surface area contributed by atoms with Crippen LogP contribution in [0, 0.1) is 17.3 Å². The SMILES string of the molecule is C=CC[C@@]12COC(=O)[C@@H]1[C@@](C)(c1ccccc1)C(C)C2. The van der Waals surface area contributed by atoms with Gasteiger partial charge in [-0.05, 0) is 24.3 Å². The molecular weight excluding hydrogens is 248 g/mol. The molecule has 1 aliphatic carbocycles. The molecule has 3 rings (SSSR count). The summed E-state index contributed by atoms with van der Waals surface area (Å²) in [6, 6.07) is 10.4. The van der Waals surface area contributed by atoms with Crippen molar-refractivity contribution in [1.29, 1.82) is 0 Å². The summed E-state index contributed by atoms with van der Waals surface area (Å²) >= 11 is 0. The van der Waals surface area contributed by atoms with Crippen molar-refractivity contribution in [3.05, 3.63) is 48.6 Å². The molecule has 1 aromatic carbocycles. The third-order valence-electron chi connectivity index (χ3n) is 5.63. The maximum absolute atomic E-state index is 12.4. The first-order valence-electron chi connectivity index (χ1n) is 7.38. The number of ether oxygens (including phenoxy) is 1. The van der Waals surface area contributed by atoms with Crippen LogP contribution in [-0.2, 0) is 14.9 Å². The maximum Gasteiger partial charge on any atom is 0.310 e. The van der Waals surface area contributed by atoms with Gasteiger partial charge >= 0.3 is 5.97 Å². The van der Waals surface area contributed by atoms with Gasteiger partial charge in [-0.15, -0.1) is 6.58 Å². The number of fused-ring (bicyclic) bond motifs is 1. The quantitative estimate of drug-likeness (QED) is 0.618. The first kappa shape index (κ1) is 13.4. The van der Waals surface area contributed by atoms with Crippen LogP contribution >= 0.6 is 0 Å². The number of hydrogen-bond donors (Lipinski definition) is 0. The fourth-order valence-corrected chi connectivity index (χ4v) is 4.59. The summed E-state index contributed by atoms with van der Waals surface area (Å²) < 4.78 is 5.45. The van der Waals surface area contributed by atoms with Gasteiger partial charge < -0.3 is 4.74 Å². The number of cyclic esters (lactones) is 1. The molecule has 1 aromatic rings. The molecule has 1 aliphatic heterocycles. The van der Waals surface area contributed by atoms with Crippen molar-refractivity contribution in [2.24, 2.45) is 17.3 Å². The lowest BCUT2D eigenvalue weighted by atomic mass is 9.65. The fourth-order valence-electron chi connectivity index (χ4n) is 4.59. The van der Waals surface area contributed by atoms with Crippen LogP contribution in [0.3, 0.4) is 0 Å². The highest BCUT2D eigenvalue weighted by atomic mass is 16.5. The summed E-state index contributed by atoms with van der Waals surface area (Å²) in [6.07, 6.45) is 3.83. The Balaban J connectivity index is 2.12. The number of esters is 1. The van der Waals surface area contributed by atoms with Gasteiger partial charge in [0.2, 0.25) is 0 Å². The average Bonchev–Trinajstić information content (AvgIpc) is 2.87. The molecule has 0 amide bonds. The summed E-state index contributed by atoms with van der Waals surface area (Å²) in [5.74, 6) is 0.385. The van der Waals surface area contributed by atoms with Gasteiger partial charge in [-0.2, -0.15) is 0 Å². The number of carbonyl (C=O) groups excluding carboxylic acids is 1. The molecular formula is C18H22O2. The molecule has 1 heterocycles. The van der Waals surface area contributed by atoms with Crippen LogP contribution in [0.25, 0.3) is 0 Å². The lowest BCUT2D eigenvalue weighted by Crippen LogP contribution is -2.39. The second-order valence-corrected chi connectivity index (χ2v) is 6.65. The molecule has 106 valence electrons. The van der Waals surface area contributed by atoms with Gasteiger partial charge in [0.1, 0.15) is 0 Å². The Morgan fingerprint density at radius 1 is 1.40 bits per heavy atom. The molecule has 1 saturated carbocycles. The highest BCUT2D eigenvalue weighted by Crippen LogP contribution is 2.62. The van der Waals surface area contributed by atoms with Gasteiger partial charge in [0.25, 0.3) is 0 Å². The minimum absolute atomic E-state index is 0.0254. The molecule has 2 nitrogen and oxygen atoms in total. The molecule has 0 spiro atoms. The standard InChI is InChI=1S/C18H22O2/c1-4-10-18-11-13(2)17(3,14-8-6-5-7-9-14)15(18)16(19)20-12-18/h4-9,13,15H,1,10-12H2,2-3H3/t13?,15-,17-,18-/m1/s1. The summed E-state index contributed by atoms with van der Waals surface area (Å²) in [6.45, 7) is 8.93. The van der Waals surface area contributed by atoms with Gasteiger partial charge in [-0.1, -0.05) is 50.3 Å². The lowest BCUT2D eigenvalue weighted by molar-refractivity contribution is -0.143. The van der Waals surface area contributed by atoms with Crippen molar-refractivity contribution >= 4 is 5.97 Å².